The quantitative estimate of drug-likeness (QED) is 0.672. The van der Waals surface area contributed by atoms with Gasteiger partial charge in [0, 0.05) is 19.2 Å². The Hall–Kier alpha value is -2.66. The van der Waals surface area contributed by atoms with Gasteiger partial charge in [0.2, 0.25) is 0 Å². The van der Waals surface area contributed by atoms with Crippen molar-refractivity contribution < 1.29 is 9.53 Å². The number of morpholine rings is 1. The molecule has 0 N–H and O–H groups in total. The van der Waals surface area contributed by atoms with Crippen LogP contribution in [-0.4, -0.2) is 39.6 Å². The fourth-order valence-corrected chi connectivity index (χ4v) is 3.71. The van der Waals surface area contributed by atoms with E-state index >= 15 is 0 Å². The molecule has 1 aliphatic rings. The van der Waals surface area contributed by atoms with Gasteiger partial charge >= 0.3 is 0 Å². The summed E-state index contributed by atoms with van der Waals surface area (Å²) in [5, 5.41) is 0. The Kier molecular flexibility index (Phi) is 4.71. The van der Waals surface area contributed by atoms with Crippen LogP contribution in [0, 0.1) is 5.41 Å². The van der Waals surface area contributed by atoms with Crippen LogP contribution in [0.25, 0.3) is 11.0 Å². The highest BCUT2D eigenvalue weighted by molar-refractivity contribution is 5.97. The number of rotatable bonds is 2. The zero-order valence-electron chi connectivity index (χ0n) is 16.9. The Morgan fingerprint density at radius 3 is 2.57 bits per heavy atom. The third kappa shape index (κ3) is 3.54. The van der Waals surface area contributed by atoms with E-state index in [4.69, 9.17) is 4.74 Å². The van der Waals surface area contributed by atoms with Gasteiger partial charge in [-0.2, -0.15) is 0 Å². The summed E-state index contributed by atoms with van der Waals surface area (Å²) in [5.41, 5.74) is 3.58. The number of aromatic nitrogens is 2. The summed E-state index contributed by atoms with van der Waals surface area (Å²) >= 11 is 0. The van der Waals surface area contributed by atoms with Crippen molar-refractivity contribution in [3.63, 3.8) is 0 Å². The molecule has 1 fully saturated rings. The van der Waals surface area contributed by atoms with E-state index in [1.54, 1.807) is 6.33 Å². The number of carbonyl (C=O) groups is 1. The third-order valence-corrected chi connectivity index (χ3v) is 5.50. The molecule has 0 radical (unpaired) electrons. The molecule has 4 rings (SSSR count). The predicted molar refractivity (Wildman–Crippen MR) is 110 cm³/mol. The minimum absolute atomic E-state index is 0.0333. The average molecular weight is 377 g/mol. The average Bonchev–Trinajstić information content (AvgIpc) is 3.07. The van der Waals surface area contributed by atoms with Crippen LogP contribution in [0.2, 0.25) is 0 Å². The lowest BCUT2D eigenvalue weighted by Crippen LogP contribution is -2.51. The van der Waals surface area contributed by atoms with Crippen molar-refractivity contribution in [3.8, 4) is 0 Å². The van der Waals surface area contributed by atoms with Crippen LogP contribution in [0.1, 0.15) is 42.8 Å². The number of hydrogen-bond donors (Lipinski definition) is 0. The molecular weight excluding hydrogens is 350 g/mol. The molecule has 5 nitrogen and oxygen atoms in total. The molecule has 2 heterocycles. The lowest BCUT2D eigenvalue weighted by Gasteiger charge is -2.43. The van der Waals surface area contributed by atoms with E-state index in [9.17, 15) is 4.79 Å². The van der Waals surface area contributed by atoms with E-state index in [1.807, 2.05) is 52.9 Å². The summed E-state index contributed by atoms with van der Waals surface area (Å²) in [6, 6.07) is 15.9. The molecule has 0 aliphatic carbocycles. The van der Waals surface area contributed by atoms with Crippen molar-refractivity contribution >= 4 is 16.9 Å². The first-order chi connectivity index (χ1) is 13.3. The molecule has 1 saturated heterocycles. The third-order valence-electron chi connectivity index (χ3n) is 5.50. The van der Waals surface area contributed by atoms with Crippen molar-refractivity contribution in [2.45, 2.75) is 33.0 Å². The van der Waals surface area contributed by atoms with Gasteiger partial charge in [-0.25, -0.2) is 4.98 Å². The van der Waals surface area contributed by atoms with Crippen LogP contribution < -0.4 is 0 Å². The lowest BCUT2D eigenvalue weighted by molar-refractivity contribution is -0.119. The van der Waals surface area contributed by atoms with E-state index in [1.165, 1.54) is 0 Å². The normalized spacial score (nSPS) is 20.5. The highest BCUT2D eigenvalue weighted by atomic mass is 16.5. The summed E-state index contributed by atoms with van der Waals surface area (Å²) in [5.74, 6) is 0.0334. The number of imidazole rings is 1. The number of fused-ring (bicyclic) bond motifs is 1. The Bertz CT molecular complexity index is 988. The van der Waals surface area contributed by atoms with Crippen molar-refractivity contribution in [3.05, 3.63) is 66.0 Å². The molecular formula is C23H27N3O2. The van der Waals surface area contributed by atoms with Crippen LogP contribution >= 0.6 is 0 Å². The number of aryl methyl sites for hydroxylation is 1. The Balaban J connectivity index is 1.64. The highest BCUT2D eigenvalue weighted by Crippen LogP contribution is 2.34. The van der Waals surface area contributed by atoms with Crippen LogP contribution in [0.5, 0.6) is 0 Å². The zero-order chi connectivity index (χ0) is 19.9. The maximum Gasteiger partial charge on any atom is 0.254 e. The van der Waals surface area contributed by atoms with Crippen molar-refractivity contribution in [1.29, 1.82) is 0 Å². The minimum atomic E-state index is -0.123. The molecule has 1 amide bonds. The maximum atomic E-state index is 13.3. The van der Waals surface area contributed by atoms with E-state index in [0.717, 1.165) is 16.6 Å². The standard InChI is InChI=1S/C23H27N3O2/c1-23(2,3)21-14-26(13-20(28-21)16-8-6-5-7-9-16)22(27)17-10-11-19-18(12-17)24-15-25(19)4/h5-12,15,20-21H,13-14H2,1-4H3/t20-,21+/m0/s1. The molecule has 0 spiro atoms. The van der Waals surface area contributed by atoms with Gasteiger partial charge in [0.05, 0.1) is 30.0 Å². The molecule has 3 aromatic rings. The van der Waals surface area contributed by atoms with Crippen LogP contribution in [0.4, 0.5) is 0 Å². The molecule has 1 aliphatic heterocycles. The first kappa shape index (κ1) is 18.7. The first-order valence-corrected chi connectivity index (χ1v) is 9.73. The largest absolute Gasteiger partial charge is 0.366 e. The van der Waals surface area contributed by atoms with Crippen LogP contribution in [0.15, 0.2) is 54.9 Å². The molecule has 2 atom stereocenters. The molecule has 0 saturated carbocycles. The van der Waals surface area contributed by atoms with Crippen molar-refractivity contribution in [2.75, 3.05) is 13.1 Å². The fourth-order valence-electron chi connectivity index (χ4n) is 3.71. The summed E-state index contributed by atoms with van der Waals surface area (Å²) in [7, 11) is 1.96. The summed E-state index contributed by atoms with van der Waals surface area (Å²) in [6.07, 6.45) is 1.62. The molecule has 0 unspecified atom stereocenters. The van der Waals surface area contributed by atoms with Gasteiger partial charge in [-0.1, -0.05) is 51.1 Å². The van der Waals surface area contributed by atoms with E-state index in [0.29, 0.717) is 18.7 Å². The van der Waals surface area contributed by atoms with Crippen LogP contribution in [0.3, 0.4) is 0 Å². The molecule has 28 heavy (non-hydrogen) atoms. The van der Waals surface area contributed by atoms with Gasteiger partial charge in [-0.3, -0.25) is 4.79 Å². The number of hydrogen-bond acceptors (Lipinski definition) is 3. The molecule has 2 aromatic carbocycles. The number of ether oxygens (including phenoxy) is 1. The minimum Gasteiger partial charge on any atom is -0.366 e. The monoisotopic (exact) mass is 377 g/mol. The smallest absolute Gasteiger partial charge is 0.254 e. The second kappa shape index (κ2) is 7.06. The SMILES string of the molecule is Cn1cnc2cc(C(=O)N3C[C@@H](c4ccccc4)O[C@@H](C(C)(C)C)C3)ccc21. The molecule has 146 valence electrons. The number of benzene rings is 2. The first-order valence-electron chi connectivity index (χ1n) is 9.73. The van der Waals surface area contributed by atoms with Gasteiger partial charge in [-0.15, -0.1) is 0 Å². The van der Waals surface area contributed by atoms with E-state index in [-0.39, 0.29) is 23.5 Å². The Labute approximate surface area is 165 Å². The van der Waals surface area contributed by atoms with Gasteiger partial charge in [0.25, 0.3) is 5.91 Å². The zero-order valence-corrected chi connectivity index (χ0v) is 16.9. The van der Waals surface area contributed by atoms with Crippen molar-refractivity contribution in [1.82, 2.24) is 14.5 Å². The van der Waals surface area contributed by atoms with Gasteiger partial charge in [0.15, 0.2) is 0 Å². The topological polar surface area (TPSA) is 47.4 Å². The second-order valence-electron chi connectivity index (χ2n) is 8.66. The number of nitrogens with zero attached hydrogens (tertiary/aromatic N) is 3. The van der Waals surface area contributed by atoms with Gasteiger partial charge in [-0.05, 0) is 29.2 Å². The summed E-state index contributed by atoms with van der Waals surface area (Å²) < 4.78 is 8.37. The second-order valence-corrected chi connectivity index (χ2v) is 8.66. The predicted octanol–water partition coefficient (Wildman–Crippen LogP) is 4.20. The molecule has 1 aromatic heterocycles. The number of carbonyl (C=O) groups excluding carboxylic acids is 1. The van der Waals surface area contributed by atoms with Gasteiger partial charge < -0.3 is 14.2 Å². The van der Waals surface area contributed by atoms with Crippen LogP contribution in [-0.2, 0) is 11.8 Å². The summed E-state index contributed by atoms with van der Waals surface area (Å²) in [4.78, 5) is 19.7. The van der Waals surface area contributed by atoms with E-state index in [2.05, 4.69) is 37.9 Å². The highest BCUT2D eigenvalue weighted by Gasteiger charge is 2.37. The molecule has 5 heteroatoms. The van der Waals surface area contributed by atoms with Crippen molar-refractivity contribution in [2.24, 2.45) is 12.5 Å². The maximum absolute atomic E-state index is 13.3. The van der Waals surface area contributed by atoms with Gasteiger partial charge in [0.1, 0.15) is 6.10 Å². The molecule has 0 bridgehead atoms. The Morgan fingerprint density at radius 2 is 1.86 bits per heavy atom. The summed E-state index contributed by atoms with van der Waals surface area (Å²) in [6.45, 7) is 7.62. The van der Waals surface area contributed by atoms with E-state index < -0.39 is 0 Å². The Morgan fingerprint density at radius 1 is 1.11 bits per heavy atom. The fraction of sp³-hybridized carbons (Fsp3) is 0.391. The number of amides is 1. The lowest BCUT2D eigenvalue weighted by atomic mass is 9.87.